The van der Waals surface area contributed by atoms with Crippen molar-refractivity contribution in [3.8, 4) is 22.5 Å². The molecule has 0 N–H and O–H groups in total. The quantitative estimate of drug-likeness (QED) is 0.143. The molecule has 0 radical (unpaired) electrons. The van der Waals surface area contributed by atoms with Gasteiger partial charge in [-0.05, 0) is 68.4 Å². The molecule has 304 valence electrons. The number of nitrogens with zero attached hydrogens (tertiary/aromatic N) is 6. The smallest absolute Gasteiger partial charge is 0.243 e. The highest BCUT2D eigenvalue weighted by Gasteiger charge is 2.31. The molecule has 10 nitrogen and oxygen atoms in total. The van der Waals surface area contributed by atoms with E-state index in [0.717, 1.165) is 34.5 Å². The van der Waals surface area contributed by atoms with E-state index < -0.39 is 43.3 Å². The average molecular weight is 871 g/mol. The van der Waals surface area contributed by atoms with Crippen molar-refractivity contribution in [3.05, 3.63) is 130 Å². The first-order valence-electron chi connectivity index (χ1n) is 18.1. The van der Waals surface area contributed by atoms with Crippen LogP contribution < -0.4 is 9.80 Å². The Bertz CT molecular complexity index is 2590. The van der Waals surface area contributed by atoms with E-state index in [2.05, 4.69) is 9.97 Å². The molecule has 0 saturated carbocycles. The van der Waals surface area contributed by atoms with Crippen molar-refractivity contribution < 1.29 is 34.4 Å². The minimum atomic E-state index is -3.53. The van der Waals surface area contributed by atoms with Gasteiger partial charge in [-0.15, -0.1) is 22.7 Å². The van der Waals surface area contributed by atoms with E-state index in [1.165, 1.54) is 49.5 Å². The third-order valence-corrected chi connectivity index (χ3v) is 15.3. The summed E-state index contributed by atoms with van der Waals surface area (Å²) in [7, 11) is -7.04. The van der Waals surface area contributed by atoms with Gasteiger partial charge < -0.3 is 9.80 Å². The Morgan fingerprint density at radius 2 is 0.914 bits per heavy atom. The van der Waals surface area contributed by atoms with Crippen molar-refractivity contribution in [2.45, 2.75) is 23.6 Å². The molecule has 2 aliphatic heterocycles. The zero-order chi connectivity index (χ0) is 41.2. The van der Waals surface area contributed by atoms with Gasteiger partial charge in [0.05, 0.1) is 21.2 Å². The molecule has 0 aliphatic carbocycles. The number of aromatic nitrogens is 2. The number of hydrogen-bond acceptors (Lipinski definition) is 10. The number of benzene rings is 4. The molecule has 58 heavy (non-hydrogen) atoms. The van der Waals surface area contributed by atoms with Crippen LogP contribution in [0, 0.1) is 37.1 Å². The number of rotatable bonds is 8. The van der Waals surface area contributed by atoms with Crippen molar-refractivity contribution in [1.82, 2.24) is 18.6 Å². The molecule has 4 heterocycles. The zero-order valence-corrected chi connectivity index (χ0v) is 34.6. The monoisotopic (exact) mass is 870 g/mol. The predicted octanol–water partition coefficient (Wildman–Crippen LogP) is 7.82. The van der Waals surface area contributed by atoms with Gasteiger partial charge in [0.25, 0.3) is 0 Å². The number of hydrogen-bond donors (Lipinski definition) is 0. The predicted molar refractivity (Wildman–Crippen MR) is 219 cm³/mol. The molecule has 0 spiro atoms. The highest BCUT2D eigenvalue weighted by Crippen LogP contribution is 2.31. The first-order valence-corrected chi connectivity index (χ1v) is 22.8. The van der Waals surface area contributed by atoms with Gasteiger partial charge in [-0.2, -0.15) is 8.61 Å². The number of sulfonamides is 2. The maximum atomic E-state index is 13.5. The van der Waals surface area contributed by atoms with Crippen LogP contribution in [-0.4, -0.2) is 87.8 Å². The fourth-order valence-corrected chi connectivity index (χ4v) is 11.0. The van der Waals surface area contributed by atoms with Crippen LogP contribution in [0.1, 0.15) is 11.1 Å². The molecule has 0 bridgehead atoms. The van der Waals surface area contributed by atoms with Gasteiger partial charge in [0.2, 0.25) is 20.0 Å². The summed E-state index contributed by atoms with van der Waals surface area (Å²) in [6.45, 7) is 7.25. The van der Waals surface area contributed by atoms with E-state index in [9.17, 15) is 34.4 Å². The summed E-state index contributed by atoms with van der Waals surface area (Å²) in [5.74, 6) is -3.10. The second kappa shape index (κ2) is 17.2. The lowest BCUT2D eigenvalue weighted by molar-refractivity contribution is 0.384. The molecule has 6 aromatic rings. The molecule has 18 heteroatoms. The lowest BCUT2D eigenvalue weighted by Gasteiger charge is -2.33. The molecule has 0 atom stereocenters. The highest BCUT2D eigenvalue weighted by atomic mass is 32.2. The van der Waals surface area contributed by atoms with Crippen LogP contribution in [0.15, 0.2) is 105 Å². The van der Waals surface area contributed by atoms with Crippen molar-refractivity contribution in [2.24, 2.45) is 0 Å². The first-order chi connectivity index (χ1) is 27.7. The second-order valence-electron chi connectivity index (χ2n) is 13.7. The summed E-state index contributed by atoms with van der Waals surface area (Å²) in [6.07, 6.45) is 0. The maximum absolute atomic E-state index is 13.5. The largest absolute Gasteiger partial charge is 0.345 e. The molecule has 2 aliphatic rings. The molecular weight excluding hydrogens is 833 g/mol. The zero-order valence-electron chi connectivity index (χ0n) is 31.4. The molecular formula is C40H38F4N6O4S4. The van der Waals surface area contributed by atoms with Crippen molar-refractivity contribution >= 4 is 53.0 Å². The summed E-state index contributed by atoms with van der Waals surface area (Å²) < 4.78 is 108. The Hall–Kier alpha value is -4.72. The number of halogens is 4. The third-order valence-electron chi connectivity index (χ3n) is 9.69. The molecule has 0 unspecified atom stereocenters. The van der Waals surface area contributed by atoms with Gasteiger partial charge in [0, 0.05) is 80.3 Å². The van der Waals surface area contributed by atoms with Crippen LogP contribution >= 0.6 is 22.7 Å². The Kier molecular flexibility index (Phi) is 12.3. The number of piperazine rings is 2. The molecule has 4 aromatic carbocycles. The Balaban J connectivity index is 0.000000177. The van der Waals surface area contributed by atoms with Gasteiger partial charge in [0.15, 0.2) is 21.9 Å². The molecule has 2 saturated heterocycles. The Labute approximate surface area is 342 Å². The van der Waals surface area contributed by atoms with E-state index in [0.29, 0.717) is 89.8 Å². The van der Waals surface area contributed by atoms with E-state index in [-0.39, 0.29) is 0 Å². The summed E-state index contributed by atoms with van der Waals surface area (Å²) in [6, 6.07) is 20.7. The van der Waals surface area contributed by atoms with Gasteiger partial charge in [-0.25, -0.2) is 44.4 Å². The lowest BCUT2D eigenvalue weighted by Crippen LogP contribution is -2.48. The number of aryl methyl sites for hydroxylation is 2. The SMILES string of the molecule is Cc1ccc(S(=O)(=O)N2CCN(c3nc(-c4cc(F)cc(F)c4)cs3)CC2)cc1.Cc1ccc(S(=O)(=O)N2CCN(c3nc(-c4ccc(F)c(F)c4)cs3)CC2)cc1. The standard InChI is InChI=1S/2C20H19F2N3O2S2/c1-14-2-5-16(6-3-14)29(26,27)25-10-8-24(9-11-25)20-23-19(13-28-20)15-4-7-17(21)18(22)12-15;1-14-2-4-18(5-3-14)29(26,27)25-8-6-24(7-9-25)20-23-19(13-28-20)15-10-16(21)12-17(22)11-15/h2-7,12-13H,8-11H2,1H3;2-5,10-13H,6-9H2,1H3. The molecule has 8 rings (SSSR count). The third kappa shape index (κ3) is 9.27. The highest BCUT2D eigenvalue weighted by molar-refractivity contribution is 7.89. The van der Waals surface area contributed by atoms with Gasteiger partial charge in [-0.1, -0.05) is 35.4 Å². The fraction of sp³-hybridized carbons (Fsp3) is 0.250. The van der Waals surface area contributed by atoms with Gasteiger partial charge in [-0.3, -0.25) is 0 Å². The fourth-order valence-electron chi connectivity index (χ4n) is 6.40. The summed E-state index contributed by atoms with van der Waals surface area (Å²) in [4.78, 5) is 13.6. The van der Waals surface area contributed by atoms with Crippen LogP contribution in [0.3, 0.4) is 0 Å². The van der Waals surface area contributed by atoms with Crippen LogP contribution in [0.25, 0.3) is 22.5 Å². The molecule has 2 aromatic heterocycles. The van der Waals surface area contributed by atoms with E-state index in [4.69, 9.17) is 0 Å². The van der Waals surface area contributed by atoms with Crippen molar-refractivity contribution in [3.63, 3.8) is 0 Å². The van der Waals surface area contributed by atoms with Crippen molar-refractivity contribution in [2.75, 3.05) is 62.2 Å². The van der Waals surface area contributed by atoms with Gasteiger partial charge in [0.1, 0.15) is 11.6 Å². The van der Waals surface area contributed by atoms with E-state index >= 15 is 0 Å². The van der Waals surface area contributed by atoms with Crippen LogP contribution in [-0.2, 0) is 20.0 Å². The second-order valence-corrected chi connectivity index (χ2v) is 19.3. The normalized spacial score (nSPS) is 15.6. The van der Waals surface area contributed by atoms with E-state index in [1.807, 2.05) is 23.6 Å². The lowest BCUT2D eigenvalue weighted by atomic mass is 10.1. The number of anilines is 2. The van der Waals surface area contributed by atoms with E-state index in [1.54, 1.807) is 59.3 Å². The summed E-state index contributed by atoms with van der Waals surface area (Å²) >= 11 is 2.77. The van der Waals surface area contributed by atoms with Gasteiger partial charge >= 0.3 is 0 Å². The Morgan fingerprint density at radius 1 is 0.500 bits per heavy atom. The number of thiazole rings is 2. The summed E-state index contributed by atoms with van der Waals surface area (Å²) in [5, 5.41) is 4.98. The topological polar surface area (TPSA) is 107 Å². The van der Waals surface area contributed by atoms with Crippen molar-refractivity contribution in [1.29, 1.82) is 0 Å². The molecule has 2 fully saturated rings. The molecule has 0 amide bonds. The average Bonchev–Trinajstić information content (AvgIpc) is 3.91. The minimum Gasteiger partial charge on any atom is -0.345 e. The van der Waals surface area contributed by atoms with Crippen LogP contribution in [0.4, 0.5) is 27.8 Å². The van der Waals surface area contributed by atoms with Crippen LogP contribution in [0.2, 0.25) is 0 Å². The maximum Gasteiger partial charge on any atom is 0.243 e. The summed E-state index contributed by atoms with van der Waals surface area (Å²) in [5.41, 5.74) is 3.97. The van der Waals surface area contributed by atoms with Crippen LogP contribution in [0.5, 0.6) is 0 Å². The minimum absolute atomic E-state index is 0.293. The first kappa shape index (κ1) is 41.4. The Morgan fingerprint density at radius 3 is 1.33 bits per heavy atom.